The lowest BCUT2D eigenvalue weighted by Gasteiger charge is -2.44. The third-order valence-corrected chi connectivity index (χ3v) is 6.30. The molecule has 1 fully saturated rings. The highest BCUT2D eigenvalue weighted by Gasteiger charge is 2.43. The van der Waals surface area contributed by atoms with Crippen molar-refractivity contribution in [2.24, 2.45) is 0 Å². The maximum absolute atomic E-state index is 12.7. The van der Waals surface area contributed by atoms with Crippen LogP contribution in [0.25, 0.3) is 11.3 Å². The number of aromatic nitrogens is 2. The lowest BCUT2D eigenvalue weighted by Crippen LogP contribution is -2.51. The smallest absolute Gasteiger partial charge is 0.270 e. The maximum atomic E-state index is 12.7. The Morgan fingerprint density at radius 2 is 1.91 bits per heavy atom. The van der Waals surface area contributed by atoms with Crippen molar-refractivity contribution in [2.45, 2.75) is 24.9 Å². The second kappa shape index (κ2) is 8.16. The summed E-state index contributed by atoms with van der Waals surface area (Å²) in [6, 6.07) is 15.3. The normalized spacial score (nSPS) is 16.8. The molecule has 1 spiro atoms. The number of Topliss-reactive ketones (excluding diaryl/α,β-unsaturated/α-hetero) is 1. The van der Waals surface area contributed by atoms with Crippen LogP contribution in [0.4, 0.5) is 11.5 Å². The van der Waals surface area contributed by atoms with Gasteiger partial charge in [0.1, 0.15) is 17.1 Å². The number of anilines is 1. The number of hydrogen-bond donors (Lipinski definition) is 0. The van der Waals surface area contributed by atoms with E-state index in [0.717, 1.165) is 5.82 Å². The van der Waals surface area contributed by atoms with Crippen LogP contribution in [0.3, 0.4) is 0 Å². The molecule has 0 bridgehead atoms. The van der Waals surface area contributed by atoms with Crippen LogP contribution in [-0.2, 0) is 0 Å². The summed E-state index contributed by atoms with van der Waals surface area (Å²) in [6.07, 6.45) is 1.73. The minimum absolute atomic E-state index is 0.0147. The van der Waals surface area contributed by atoms with Gasteiger partial charge in [0.25, 0.3) is 5.69 Å². The van der Waals surface area contributed by atoms with E-state index in [1.807, 2.05) is 12.1 Å². The van der Waals surface area contributed by atoms with Gasteiger partial charge >= 0.3 is 0 Å². The van der Waals surface area contributed by atoms with Crippen molar-refractivity contribution in [1.82, 2.24) is 10.2 Å². The fourth-order valence-corrected chi connectivity index (χ4v) is 4.45. The van der Waals surface area contributed by atoms with E-state index in [4.69, 9.17) is 9.47 Å². The quantitative estimate of drug-likeness (QED) is 0.436. The van der Waals surface area contributed by atoms with Crippen molar-refractivity contribution in [3.8, 4) is 22.8 Å². The van der Waals surface area contributed by atoms with Gasteiger partial charge in [-0.05, 0) is 24.3 Å². The van der Waals surface area contributed by atoms with E-state index in [-0.39, 0.29) is 11.5 Å². The molecule has 1 aromatic heterocycles. The number of hydrogen-bond acceptors (Lipinski definition) is 8. The molecule has 2 aliphatic rings. The van der Waals surface area contributed by atoms with Gasteiger partial charge < -0.3 is 14.4 Å². The second-order valence-electron chi connectivity index (χ2n) is 8.32. The van der Waals surface area contributed by atoms with Crippen molar-refractivity contribution >= 4 is 17.3 Å². The first kappa shape index (κ1) is 20.9. The number of nitro groups is 1. The van der Waals surface area contributed by atoms with E-state index in [0.29, 0.717) is 60.7 Å². The Kier molecular flexibility index (Phi) is 5.16. The number of carbonyl (C=O) groups excluding carboxylic acids is 1. The van der Waals surface area contributed by atoms with Gasteiger partial charge in [0.15, 0.2) is 11.6 Å². The average molecular weight is 446 g/mol. The first-order chi connectivity index (χ1) is 16.0. The number of rotatable bonds is 4. The lowest BCUT2D eigenvalue weighted by molar-refractivity contribution is -0.384. The number of fused-ring (bicyclic) bond motifs is 1. The van der Waals surface area contributed by atoms with E-state index in [2.05, 4.69) is 15.1 Å². The third kappa shape index (κ3) is 3.97. The molecule has 2 aromatic carbocycles. The maximum Gasteiger partial charge on any atom is 0.270 e. The fraction of sp³-hybridized carbons (Fsp3) is 0.292. The second-order valence-corrected chi connectivity index (χ2v) is 8.32. The number of ether oxygens (including phenoxy) is 2. The summed E-state index contributed by atoms with van der Waals surface area (Å²) in [4.78, 5) is 25.5. The van der Waals surface area contributed by atoms with E-state index >= 15 is 0 Å². The van der Waals surface area contributed by atoms with Crippen LogP contribution in [0.1, 0.15) is 29.6 Å². The molecule has 3 aromatic rings. The number of methoxy groups -OCH3 is 1. The Hall–Kier alpha value is -4.01. The van der Waals surface area contributed by atoms with Crippen LogP contribution in [0.2, 0.25) is 0 Å². The number of piperidine rings is 1. The van der Waals surface area contributed by atoms with Crippen LogP contribution >= 0.6 is 0 Å². The molecule has 9 nitrogen and oxygen atoms in total. The Labute approximate surface area is 190 Å². The largest absolute Gasteiger partial charge is 0.497 e. The molecule has 0 amide bonds. The van der Waals surface area contributed by atoms with Gasteiger partial charge in [-0.15, -0.1) is 10.2 Å². The van der Waals surface area contributed by atoms with E-state index < -0.39 is 10.5 Å². The predicted octanol–water partition coefficient (Wildman–Crippen LogP) is 4.06. The number of ketones is 1. The standard InChI is InChI=1S/C24H22N4O5/c1-32-18-5-6-19-21(29)15-24(33-22(19)14-18)9-11-27(12-10-24)23-8-7-20(25-26-23)16-3-2-4-17(13-16)28(30)31/h2-8,13-14H,9-12,15H2,1H3. The first-order valence-corrected chi connectivity index (χ1v) is 10.7. The summed E-state index contributed by atoms with van der Waals surface area (Å²) < 4.78 is 11.6. The molecule has 0 N–H and O–H groups in total. The van der Waals surface area contributed by atoms with Crippen molar-refractivity contribution in [1.29, 1.82) is 0 Å². The van der Waals surface area contributed by atoms with Crippen molar-refractivity contribution in [3.05, 3.63) is 70.3 Å². The first-order valence-electron chi connectivity index (χ1n) is 10.7. The number of carbonyl (C=O) groups is 1. The Morgan fingerprint density at radius 3 is 2.61 bits per heavy atom. The summed E-state index contributed by atoms with van der Waals surface area (Å²) in [7, 11) is 1.59. The van der Waals surface area contributed by atoms with Gasteiger partial charge in [0.05, 0.1) is 29.7 Å². The molecule has 3 heterocycles. The highest BCUT2D eigenvalue weighted by atomic mass is 16.6. The van der Waals surface area contributed by atoms with Gasteiger partial charge in [-0.3, -0.25) is 14.9 Å². The van der Waals surface area contributed by atoms with Crippen LogP contribution in [-0.4, -0.2) is 46.7 Å². The van der Waals surface area contributed by atoms with Crippen molar-refractivity contribution in [2.75, 3.05) is 25.1 Å². The SMILES string of the molecule is COc1ccc2c(c1)OC1(CCN(c3ccc(-c4cccc([N+](=O)[O-])c4)nn3)CC1)CC2=O. The zero-order valence-corrected chi connectivity index (χ0v) is 18.1. The topological polar surface area (TPSA) is 108 Å². The van der Waals surface area contributed by atoms with E-state index in [1.54, 1.807) is 37.4 Å². The summed E-state index contributed by atoms with van der Waals surface area (Å²) in [5, 5.41) is 19.6. The molecule has 0 radical (unpaired) electrons. The molecule has 1 saturated heterocycles. The van der Waals surface area contributed by atoms with E-state index in [1.165, 1.54) is 12.1 Å². The van der Waals surface area contributed by atoms with Gasteiger partial charge in [-0.1, -0.05) is 12.1 Å². The Balaban J connectivity index is 1.29. The fourth-order valence-electron chi connectivity index (χ4n) is 4.45. The molecule has 2 aliphatic heterocycles. The zero-order chi connectivity index (χ0) is 23.0. The zero-order valence-electron chi connectivity index (χ0n) is 18.1. The summed E-state index contributed by atoms with van der Waals surface area (Å²) in [5.74, 6) is 2.06. The molecule has 33 heavy (non-hydrogen) atoms. The van der Waals surface area contributed by atoms with Gasteiger partial charge in [0.2, 0.25) is 0 Å². The molecule has 9 heteroatoms. The molecule has 0 atom stereocenters. The van der Waals surface area contributed by atoms with Gasteiger partial charge in [-0.25, -0.2) is 0 Å². The van der Waals surface area contributed by atoms with Gasteiger partial charge in [-0.2, -0.15) is 0 Å². The Morgan fingerprint density at radius 1 is 1.09 bits per heavy atom. The minimum Gasteiger partial charge on any atom is -0.497 e. The highest BCUT2D eigenvalue weighted by Crippen LogP contribution is 2.41. The molecular formula is C24H22N4O5. The summed E-state index contributed by atoms with van der Waals surface area (Å²) in [6.45, 7) is 1.36. The monoisotopic (exact) mass is 446 g/mol. The predicted molar refractivity (Wildman–Crippen MR) is 121 cm³/mol. The molecular weight excluding hydrogens is 424 g/mol. The lowest BCUT2D eigenvalue weighted by atomic mass is 9.82. The van der Waals surface area contributed by atoms with Crippen LogP contribution in [0.5, 0.6) is 11.5 Å². The van der Waals surface area contributed by atoms with Crippen LogP contribution in [0.15, 0.2) is 54.6 Å². The molecule has 5 rings (SSSR count). The van der Waals surface area contributed by atoms with Crippen molar-refractivity contribution in [3.63, 3.8) is 0 Å². The minimum atomic E-state index is -0.525. The molecule has 0 unspecified atom stereocenters. The highest BCUT2D eigenvalue weighted by molar-refractivity contribution is 6.00. The van der Waals surface area contributed by atoms with Gasteiger partial charge in [0, 0.05) is 49.7 Å². The molecule has 168 valence electrons. The number of nitrogens with zero attached hydrogens (tertiary/aromatic N) is 4. The van der Waals surface area contributed by atoms with Crippen LogP contribution < -0.4 is 14.4 Å². The summed E-state index contributed by atoms with van der Waals surface area (Å²) in [5.41, 5.74) is 1.31. The molecule has 0 saturated carbocycles. The summed E-state index contributed by atoms with van der Waals surface area (Å²) >= 11 is 0. The number of benzene rings is 2. The van der Waals surface area contributed by atoms with E-state index in [9.17, 15) is 14.9 Å². The number of non-ortho nitro benzene ring substituents is 1. The number of nitro benzene ring substituents is 1. The average Bonchev–Trinajstić information content (AvgIpc) is 2.84. The Bertz CT molecular complexity index is 1220. The molecule has 0 aliphatic carbocycles. The van der Waals surface area contributed by atoms with Crippen LogP contribution in [0, 0.1) is 10.1 Å². The third-order valence-electron chi connectivity index (χ3n) is 6.30. The van der Waals surface area contributed by atoms with Crippen molar-refractivity contribution < 1.29 is 19.2 Å².